The Bertz CT molecular complexity index is 469. The van der Waals surface area contributed by atoms with Crippen LogP contribution in [0, 0.1) is 0 Å². The molecular weight excluding hydrogens is 284 g/mol. The SMILES string of the molecule is CC(C)OCCCCNS(=O)(=O)c1cc(CN)cs1. The van der Waals surface area contributed by atoms with Crippen LogP contribution >= 0.6 is 11.3 Å². The van der Waals surface area contributed by atoms with E-state index >= 15 is 0 Å². The molecule has 19 heavy (non-hydrogen) atoms. The number of thiophene rings is 1. The fourth-order valence-corrected chi connectivity index (χ4v) is 3.77. The Morgan fingerprint density at radius 3 is 2.74 bits per heavy atom. The van der Waals surface area contributed by atoms with Crippen molar-refractivity contribution in [1.29, 1.82) is 0 Å². The zero-order valence-electron chi connectivity index (χ0n) is 11.4. The van der Waals surface area contributed by atoms with Crippen LogP contribution in [0.15, 0.2) is 15.7 Å². The number of nitrogens with one attached hydrogen (secondary N) is 1. The molecule has 0 aliphatic carbocycles. The monoisotopic (exact) mass is 306 g/mol. The third-order valence-electron chi connectivity index (χ3n) is 2.44. The van der Waals surface area contributed by atoms with E-state index in [0.29, 0.717) is 23.9 Å². The maximum Gasteiger partial charge on any atom is 0.250 e. The van der Waals surface area contributed by atoms with Gasteiger partial charge in [0, 0.05) is 19.7 Å². The first-order chi connectivity index (χ1) is 8.95. The molecule has 5 nitrogen and oxygen atoms in total. The molecule has 0 radical (unpaired) electrons. The zero-order chi connectivity index (χ0) is 14.3. The second kappa shape index (κ2) is 7.96. The second-order valence-electron chi connectivity index (χ2n) is 4.50. The predicted molar refractivity (Wildman–Crippen MR) is 77.7 cm³/mol. The lowest BCUT2D eigenvalue weighted by molar-refractivity contribution is 0.0762. The summed E-state index contributed by atoms with van der Waals surface area (Å²) in [5.41, 5.74) is 6.31. The Labute approximate surface area is 119 Å². The summed E-state index contributed by atoms with van der Waals surface area (Å²) in [7, 11) is -3.38. The van der Waals surface area contributed by atoms with Crippen LogP contribution in [0.4, 0.5) is 0 Å². The number of unbranched alkanes of at least 4 members (excludes halogenated alkanes) is 1. The van der Waals surface area contributed by atoms with E-state index in [1.807, 2.05) is 13.8 Å². The molecule has 1 aromatic heterocycles. The third kappa shape index (κ3) is 6.01. The third-order valence-corrected chi connectivity index (χ3v) is 5.39. The van der Waals surface area contributed by atoms with Crippen molar-refractivity contribution in [2.45, 2.75) is 43.5 Å². The van der Waals surface area contributed by atoms with Crippen molar-refractivity contribution >= 4 is 21.4 Å². The van der Waals surface area contributed by atoms with E-state index < -0.39 is 10.0 Å². The van der Waals surface area contributed by atoms with Crippen LogP contribution in [0.5, 0.6) is 0 Å². The Morgan fingerprint density at radius 1 is 1.42 bits per heavy atom. The molecule has 0 aromatic carbocycles. The van der Waals surface area contributed by atoms with Crippen molar-refractivity contribution in [2.75, 3.05) is 13.2 Å². The molecule has 0 bridgehead atoms. The van der Waals surface area contributed by atoms with Crippen LogP contribution in [0.2, 0.25) is 0 Å². The Hall–Kier alpha value is -0.470. The lowest BCUT2D eigenvalue weighted by Gasteiger charge is -2.07. The molecule has 7 heteroatoms. The molecule has 1 aromatic rings. The Kier molecular flexibility index (Phi) is 6.95. The first-order valence-corrected chi connectivity index (χ1v) is 8.70. The van der Waals surface area contributed by atoms with Gasteiger partial charge in [-0.15, -0.1) is 11.3 Å². The number of ether oxygens (including phenoxy) is 1. The van der Waals surface area contributed by atoms with Crippen molar-refractivity contribution in [3.63, 3.8) is 0 Å². The molecule has 0 aliphatic heterocycles. The largest absolute Gasteiger partial charge is 0.379 e. The van der Waals surface area contributed by atoms with Gasteiger partial charge in [-0.25, -0.2) is 13.1 Å². The van der Waals surface area contributed by atoms with Crippen LogP contribution in [-0.2, 0) is 21.3 Å². The van der Waals surface area contributed by atoms with Gasteiger partial charge in [0.2, 0.25) is 10.0 Å². The minimum absolute atomic E-state index is 0.220. The van der Waals surface area contributed by atoms with Crippen molar-refractivity contribution in [2.24, 2.45) is 5.73 Å². The number of nitrogens with two attached hydrogens (primary N) is 1. The van der Waals surface area contributed by atoms with Gasteiger partial charge in [-0.3, -0.25) is 0 Å². The Morgan fingerprint density at radius 2 is 2.16 bits per heavy atom. The summed E-state index contributed by atoms with van der Waals surface area (Å²) >= 11 is 1.20. The quantitative estimate of drug-likeness (QED) is 0.680. The topological polar surface area (TPSA) is 81.4 Å². The summed E-state index contributed by atoms with van der Waals surface area (Å²) in [5, 5.41) is 1.77. The van der Waals surface area contributed by atoms with Crippen molar-refractivity contribution in [3.05, 3.63) is 17.0 Å². The average Bonchev–Trinajstić information content (AvgIpc) is 2.82. The molecule has 3 N–H and O–H groups in total. The van der Waals surface area contributed by atoms with Crippen LogP contribution in [0.25, 0.3) is 0 Å². The smallest absolute Gasteiger partial charge is 0.250 e. The summed E-state index contributed by atoms with van der Waals surface area (Å²) < 4.78 is 32.2. The molecular formula is C12H22N2O3S2. The van der Waals surface area contributed by atoms with Gasteiger partial charge in [-0.1, -0.05) is 0 Å². The van der Waals surface area contributed by atoms with E-state index in [4.69, 9.17) is 10.5 Å². The van der Waals surface area contributed by atoms with Crippen LogP contribution in [0.3, 0.4) is 0 Å². The van der Waals surface area contributed by atoms with Gasteiger partial charge in [0.05, 0.1) is 6.10 Å². The van der Waals surface area contributed by atoms with E-state index in [1.54, 1.807) is 11.4 Å². The number of hydrogen-bond donors (Lipinski definition) is 2. The van der Waals surface area contributed by atoms with E-state index in [0.717, 1.165) is 18.4 Å². The van der Waals surface area contributed by atoms with E-state index in [2.05, 4.69) is 4.72 Å². The lowest BCUT2D eigenvalue weighted by atomic mass is 10.3. The summed E-state index contributed by atoms with van der Waals surface area (Å²) in [6.45, 7) is 5.41. The maximum absolute atomic E-state index is 11.9. The highest BCUT2D eigenvalue weighted by atomic mass is 32.2. The van der Waals surface area contributed by atoms with Crippen molar-refractivity contribution in [1.82, 2.24) is 4.72 Å². The van der Waals surface area contributed by atoms with Gasteiger partial charge < -0.3 is 10.5 Å². The van der Waals surface area contributed by atoms with Crippen LogP contribution in [0.1, 0.15) is 32.3 Å². The molecule has 0 unspecified atom stereocenters. The van der Waals surface area contributed by atoms with Gasteiger partial charge in [0.15, 0.2) is 0 Å². The Balaban J connectivity index is 2.31. The van der Waals surface area contributed by atoms with E-state index in [-0.39, 0.29) is 6.10 Å². The summed E-state index contributed by atoms with van der Waals surface area (Å²) in [6, 6.07) is 1.62. The summed E-state index contributed by atoms with van der Waals surface area (Å²) in [5.74, 6) is 0. The van der Waals surface area contributed by atoms with Crippen molar-refractivity contribution < 1.29 is 13.2 Å². The summed E-state index contributed by atoms with van der Waals surface area (Å²) in [6.07, 6.45) is 1.83. The van der Waals surface area contributed by atoms with Crippen molar-refractivity contribution in [3.8, 4) is 0 Å². The number of hydrogen-bond acceptors (Lipinski definition) is 5. The molecule has 0 atom stereocenters. The highest BCUT2D eigenvalue weighted by Crippen LogP contribution is 2.19. The van der Waals surface area contributed by atoms with Gasteiger partial charge in [-0.2, -0.15) is 0 Å². The second-order valence-corrected chi connectivity index (χ2v) is 7.41. The van der Waals surface area contributed by atoms with Gasteiger partial charge in [0.1, 0.15) is 4.21 Å². The molecule has 0 fully saturated rings. The molecule has 0 amide bonds. The van der Waals surface area contributed by atoms with Gasteiger partial charge in [0.25, 0.3) is 0 Å². The van der Waals surface area contributed by atoms with Crippen LogP contribution < -0.4 is 10.5 Å². The molecule has 0 saturated heterocycles. The fourth-order valence-electron chi connectivity index (χ4n) is 1.42. The molecule has 1 rings (SSSR count). The minimum atomic E-state index is -3.38. The molecule has 0 saturated carbocycles. The van der Waals surface area contributed by atoms with Gasteiger partial charge >= 0.3 is 0 Å². The normalized spacial score (nSPS) is 12.2. The average molecular weight is 306 g/mol. The minimum Gasteiger partial charge on any atom is -0.379 e. The number of sulfonamides is 1. The fraction of sp³-hybridized carbons (Fsp3) is 0.667. The van der Waals surface area contributed by atoms with E-state index in [1.165, 1.54) is 11.3 Å². The highest BCUT2D eigenvalue weighted by molar-refractivity contribution is 7.91. The highest BCUT2D eigenvalue weighted by Gasteiger charge is 2.15. The van der Waals surface area contributed by atoms with Gasteiger partial charge in [-0.05, 0) is 43.7 Å². The van der Waals surface area contributed by atoms with E-state index in [9.17, 15) is 8.42 Å². The summed E-state index contributed by atoms with van der Waals surface area (Å²) in [4.78, 5) is 0. The number of rotatable bonds is 9. The molecule has 0 aliphatic rings. The van der Waals surface area contributed by atoms with Crippen LogP contribution in [-0.4, -0.2) is 27.7 Å². The standard InChI is InChI=1S/C12H22N2O3S2/c1-10(2)17-6-4-3-5-14-19(15,16)12-7-11(8-13)9-18-12/h7,9-10,14H,3-6,8,13H2,1-2H3. The molecule has 1 heterocycles. The maximum atomic E-state index is 11.9. The zero-order valence-corrected chi connectivity index (χ0v) is 13.0. The molecule has 110 valence electrons. The lowest BCUT2D eigenvalue weighted by Crippen LogP contribution is -2.24. The predicted octanol–water partition coefficient (Wildman–Crippen LogP) is 1.69. The first kappa shape index (κ1) is 16.6. The molecule has 0 spiro atoms. The first-order valence-electron chi connectivity index (χ1n) is 6.34.